The lowest BCUT2D eigenvalue weighted by molar-refractivity contribution is -0.174. The van der Waals surface area contributed by atoms with E-state index in [0.717, 1.165) is 6.42 Å². The van der Waals surface area contributed by atoms with Crippen LogP contribution >= 0.6 is 0 Å². The van der Waals surface area contributed by atoms with Crippen LogP contribution in [0.3, 0.4) is 0 Å². The van der Waals surface area contributed by atoms with Crippen molar-refractivity contribution in [2.45, 2.75) is 61.9 Å². The maximum atomic E-state index is 12.1. The molecule has 2 aliphatic heterocycles. The summed E-state index contributed by atoms with van der Waals surface area (Å²) < 4.78 is 57.8. The predicted octanol–water partition coefficient (Wildman–Crippen LogP) is 1.67. The topological polar surface area (TPSA) is 63.8 Å². The Labute approximate surface area is 133 Å². The molecule has 23 heavy (non-hydrogen) atoms. The van der Waals surface area contributed by atoms with Gasteiger partial charge in [0.25, 0.3) is 0 Å². The zero-order valence-corrected chi connectivity index (χ0v) is 13.3. The van der Waals surface area contributed by atoms with Gasteiger partial charge in [0, 0.05) is 13.7 Å². The van der Waals surface area contributed by atoms with Gasteiger partial charge in [0.1, 0.15) is 12.2 Å². The molecular weight excluding hydrogens is 317 g/mol. The molecule has 5 nitrogen and oxygen atoms in total. The van der Waals surface area contributed by atoms with Crippen molar-refractivity contribution in [1.82, 2.24) is 0 Å². The molecule has 134 valence electrons. The first-order chi connectivity index (χ1) is 10.7. The number of rotatable bonds is 6. The van der Waals surface area contributed by atoms with Crippen molar-refractivity contribution < 1.29 is 37.2 Å². The SMILES string of the molecule is CO[C@@H]1[C@H](O)CC[C@]2(CO2)[C@H]1C1(C)O[C@@H]1CCOCC(F)(F)F. The first-order valence-electron chi connectivity index (χ1n) is 7.89. The Hall–Kier alpha value is -0.410. The zero-order valence-electron chi connectivity index (χ0n) is 13.3. The molecule has 0 bridgehead atoms. The summed E-state index contributed by atoms with van der Waals surface area (Å²) in [5.41, 5.74) is -0.879. The Morgan fingerprint density at radius 1 is 1.35 bits per heavy atom. The van der Waals surface area contributed by atoms with E-state index in [1.807, 2.05) is 6.92 Å². The normalized spacial score (nSPS) is 46.2. The molecule has 3 rings (SSSR count). The standard InChI is InChI=1S/C15H23F3O5/c1-13(10(23-13)4-6-21-8-15(16,17)18)12-11(20-2)9(19)3-5-14(12)7-22-14/h9-12,19H,3-8H2,1-2H3/t9-,10-,11-,12-,13?,14+/m1/s1. The van der Waals surface area contributed by atoms with Crippen molar-refractivity contribution in [3.63, 3.8) is 0 Å². The van der Waals surface area contributed by atoms with Crippen molar-refractivity contribution >= 4 is 0 Å². The molecule has 6 atom stereocenters. The van der Waals surface area contributed by atoms with Gasteiger partial charge in [0.05, 0.1) is 36.4 Å². The highest BCUT2D eigenvalue weighted by molar-refractivity contribution is 5.19. The number of halogens is 3. The van der Waals surface area contributed by atoms with E-state index in [2.05, 4.69) is 4.74 Å². The van der Waals surface area contributed by atoms with Gasteiger partial charge in [0.15, 0.2) is 0 Å². The van der Waals surface area contributed by atoms with Crippen LogP contribution in [0.15, 0.2) is 0 Å². The number of hydrogen-bond donors (Lipinski definition) is 1. The second-order valence-corrected chi connectivity index (χ2v) is 6.88. The Bertz CT molecular complexity index is 439. The fraction of sp³-hybridized carbons (Fsp3) is 1.00. The minimum atomic E-state index is -4.31. The van der Waals surface area contributed by atoms with Crippen molar-refractivity contribution in [3.05, 3.63) is 0 Å². The van der Waals surface area contributed by atoms with E-state index in [-0.39, 0.29) is 24.2 Å². The van der Waals surface area contributed by atoms with E-state index >= 15 is 0 Å². The first-order valence-corrected chi connectivity index (χ1v) is 7.89. The molecular formula is C15H23F3O5. The van der Waals surface area contributed by atoms with Gasteiger partial charge in [-0.05, 0) is 26.2 Å². The monoisotopic (exact) mass is 340 g/mol. The van der Waals surface area contributed by atoms with Crippen LogP contribution in [0, 0.1) is 5.92 Å². The van der Waals surface area contributed by atoms with Gasteiger partial charge >= 0.3 is 6.18 Å². The molecule has 1 N–H and O–H groups in total. The Balaban J connectivity index is 1.57. The smallest absolute Gasteiger partial charge is 0.390 e. The van der Waals surface area contributed by atoms with Crippen LogP contribution in [0.2, 0.25) is 0 Å². The summed E-state index contributed by atoms with van der Waals surface area (Å²) in [7, 11) is 1.55. The van der Waals surface area contributed by atoms with E-state index < -0.39 is 30.6 Å². The van der Waals surface area contributed by atoms with E-state index in [1.54, 1.807) is 7.11 Å². The summed E-state index contributed by atoms with van der Waals surface area (Å²) in [6.07, 6.45) is -3.75. The van der Waals surface area contributed by atoms with Gasteiger partial charge in [-0.1, -0.05) is 0 Å². The van der Waals surface area contributed by atoms with Gasteiger partial charge in [-0.3, -0.25) is 0 Å². The molecule has 3 fully saturated rings. The molecule has 1 aliphatic carbocycles. The van der Waals surface area contributed by atoms with E-state index in [4.69, 9.17) is 14.2 Å². The highest BCUT2D eigenvalue weighted by Crippen LogP contribution is 2.59. The molecule has 0 aromatic heterocycles. The van der Waals surface area contributed by atoms with Crippen molar-refractivity contribution in [3.8, 4) is 0 Å². The summed E-state index contributed by atoms with van der Waals surface area (Å²) in [6.45, 7) is 1.27. The van der Waals surface area contributed by atoms with Crippen molar-refractivity contribution in [2.24, 2.45) is 5.92 Å². The minimum Gasteiger partial charge on any atom is -0.390 e. The van der Waals surface area contributed by atoms with Gasteiger partial charge < -0.3 is 24.1 Å². The number of aliphatic hydroxyl groups is 1. The minimum absolute atomic E-state index is 0.0133. The fourth-order valence-electron chi connectivity index (χ4n) is 4.06. The number of hydrogen-bond acceptors (Lipinski definition) is 5. The van der Waals surface area contributed by atoms with Crippen LogP contribution in [0.1, 0.15) is 26.2 Å². The summed E-state index contributed by atoms with van der Waals surface area (Å²) >= 11 is 0. The molecule has 0 radical (unpaired) electrons. The van der Waals surface area contributed by atoms with Crippen LogP contribution in [0.5, 0.6) is 0 Å². The van der Waals surface area contributed by atoms with Crippen LogP contribution in [-0.2, 0) is 18.9 Å². The quantitative estimate of drug-likeness (QED) is 0.589. The lowest BCUT2D eigenvalue weighted by Gasteiger charge is -2.41. The molecule has 1 spiro atoms. The second kappa shape index (κ2) is 5.84. The van der Waals surface area contributed by atoms with Gasteiger partial charge in [-0.25, -0.2) is 0 Å². The molecule has 0 aromatic carbocycles. The Morgan fingerprint density at radius 3 is 2.61 bits per heavy atom. The van der Waals surface area contributed by atoms with Crippen LogP contribution in [-0.4, -0.2) is 67.7 Å². The van der Waals surface area contributed by atoms with Crippen molar-refractivity contribution in [2.75, 3.05) is 26.9 Å². The van der Waals surface area contributed by atoms with Crippen molar-refractivity contribution in [1.29, 1.82) is 0 Å². The lowest BCUT2D eigenvalue weighted by atomic mass is 9.68. The molecule has 3 aliphatic rings. The highest BCUT2D eigenvalue weighted by Gasteiger charge is 2.71. The van der Waals surface area contributed by atoms with E-state index in [1.165, 1.54) is 0 Å². The summed E-state index contributed by atoms with van der Waals surface area (Å²) in [6, 6.07) is 0. The molecule has 0 amide bonds. The maximum Gasteiger partial charge on any atom is 0.411 e. The predicted molar refractivity (Wildman–Crippen MR) is 73.0 cm³/mol. The summed E-state index contributed by atoms with van der Waals surface area (Å²) in [5, 5.41) is 10.2. The van der Waals surface area contributed by atoms with Gasteiger partial charge in [0.2, 0.25) is 0 Å². The molecule has 0 aromatic rings. The second-order valence-electron chi connectivity index (χ2n) is 6.88. The highest BCUT2D eigenvalue weighted by atomic mass is 19.4. The summed E-state index contributed by atoms with van der Waals surface area (Å²) in [4.78, 5) is 0. The average molecular weight is 340 g/mol. The van der Waals surface area contributed by atoms with E-state index in [9.17, 15) is 18.3 Å². The third kappa shape index (κ3) is 3.37. The zero-order chi connectivity index (χ0) is 16.9. The number of aliphatic hydroxyl groups excluding tert-OH is 1. The summed E-state index contributed by atoms with van der Waals surface area (Å²) in [5.74, 6) is -0.128. The van der Waals surface area contributed by atoms with Crippen LogP contribution in [0.4, 0.5) is 13.2 Å². The van der Waals surface area contributed by atoms with E-state index in [0.29, 0.717) is 19.4 Å². The Morgan fingerprint density at radius 2 is 2.04 bits per heavy atom. The number of alkyl halides is 3. The van der Waals surface area contributed by atoms with Gasteiger partial charge in [-0.2, -0.15) is 13.2 Å². The fourth-order valence-corrected chi connectivity index (χ4v) is 4.06. The Kier molecular flexibility index (Phi) is 4.42. The lowest BCUT2D eigenvalue weighted by Crippen LogP contribution is -2.54. The first kappa shape index (κ1) is 17.4. The molecule has 8 heteroatoms. The largest absolute Gasteiger partial charge is 0.411 e. The molecule has 2 heterocycles. The number of methoxy groups -OCH3 is 1. The van der Waals surface area contributed by atoms with Gasteiger partial charge in [-0.15, -0.1) is 0 Å². The molecule has 2 saturated heterocycles. The van der Waals surface area contributed by atoms with Crippen LogP contribution in [0.25, 0.3) is 0 Å². The average Bonchev–Trinajstić information content (AvgIpc) is 3.36. The van der Waals surface area contributed by atoms with Crippen LogP contribution < -0.4 is 0 Å². The number of ether oxygens (including phenoxy) is 4. The molecule has 1 unspecified atom stereocenters. The third-order valence-corrected chi connectivity index (χ3v) is 5.31. The maximum absolute atomic E-state index is 12.1. The number of epoxide rings is 2. The molecule has 1 saturated carbocycles. The third-order valence-electron chi connectivity index (χ3n) is 5.31.